The Balaban J connectivity index is 1.64. The van der Waals surface area contributed by atoms with Crippen LogP contribution in [0.3, 0.4) is 0 Å². The third kappa shape index (κ3) is 5.81. The highest BCUT2D eigenvalue weighted by Gasteiger charge is 2.35. The first-order valence-electron chi connectivity index (χ1n) is 13.7. The van der Waals surface area contributed by atoms with Crippen molar-refractivity contribution >= 4 is 50.1 Å². The number of pyridine rings is 1. The van der Waals surface area contributed by atoms with E-state index in [1.807, 2.05) is 72.8 Å². The van der Waals surface area contributed by atoms with Crippen molar-refractivity contribution < 1.29 is 14.7 Å². The molecule has 0 saturated heterocycles. The van der Waals surface area contributed by atoms with Crippen LogP contribution < -0.4 is 10.5 Å². The molecule has 1 atom stereocenters. The van der Waals surface area contributed by atoms with Crippen LogP contribution in [0.1, 0.15) is 50.3 Å². The first-order chi connectivity index (χ1) is 19.8. The summed E-state index contributed by atoms with van der Waals surface area (Å²) in [6.45, 7) is 5.94. The van der Waals surface area contributed by atoms with Crippen molar-refractivity contribution in [2.45, 2.75) is 39.2 Å². The summed E-state index contributed by atoms with van der Waals surface area (Å²) in [6, 6.07) is 22.9. The molecule has 3 aromatic carbocycles. The number of rotatable bonds is 9. The molecule has 2 N–H and O–H groups in total. The second kappa shape index (κ2) is 12.1. The van der Waals surface area contributed by atoms with Crippen molar-refractivity contribution in [3.8, 4) is 11.1 Å². The van der Waals surface area contributed by atoms with Crippen molar-refractivity contribution in [2.75, 3.05) is 18.0 Å². The zero-order valence-corrected chi connectivity index (χ0v) is 24.5. The smallest absolute Gasteiger partial charge is 0.303 e. The fraction of sp³-hybridized carbons (Fsp3) is 0.250. The number of hydrogen-bond donors (Lipinski definition) is 2. The number of nitrogens with zero attached hydrogens (tertiary/aromatic N) is 3. The van der Waals surface area contributed by atoms with E-state index < -0.39 is 17.9 Å². The van der Waals surface area contributed by atoms with E-state index in [1.54, 1.807) is 0 Å². The second-order valence-corrected chi connectivity index (χ2v) is 10.8. The van der Waals surface area contributed by atoms with E-state index in [4.69, 9.17) is 5.10 Å². The standard InChI is InChI=1S/C32H31BrN4O4/c1-3-36(4-2)23-13-10-20(11-14-23)27-19-26(35-37(27)28(38)16-17-29(39)40)31-30(21-8-6-5-7-9-21)24-18-22(33)12-15-25(24)34-32(31)41/h5-15,18,27H,3-4,16-17,19H2,1-2H3,(H,34,41)(H,39,40)/t27-/m0/s1. The quantitative estimate of drug-likeness (QED) is 0.229. The summed E-state index contributed by atoms with van der Waals surface area (Å²) in [6.07, 6.45) is -0.174. The van der Waals surface area contributed by atoms with E-state index >= 15 is 0 Å². The number of benzene rings is 3. The van der Waals surface area contributed by atoms with Gasteiger partial charge in [-0.1, -0.05) is 58.4 Å². The Labute approximate surface area is 246 Å². The summed E-state index contributed by atoms with van der Waals surface area (Å²) in [4.78, 5) is 43.5. The number of carbonyl (C=O) groups is 2. The Morgan fingerprint density at radius 2 is 1.71 bits per heavy atom. The lowest BCUT2D eigenvalue weighted by Gasteiger charge is -2.24. The van der Waals surface area contributed by atoms with Gasteiger partial charge in [-0.15, -0.1) is 0 Å². The zero-order chi connectivity index (χ0) is 29.1. The zero-order valence-electron chi connectivity index (χ0n) is 22.9. The molecule has 41 heavy (non-hydrogen) atoms. The maximum absolute atomic E-state index is 13.7. The number of hydrazone groups is 1. The normalized spacial score (nSPS) is 14.8. The van der Waals surface area contributed by atoms with Crippen LogP contribution in [0.4, 0.5) is 5.69 Å². The van der Waals surface area contributed by atoms with Gasteiger partial charge in [-0.25, -0.2) is 5.01 Å². The summed E-state index contributed by atoms with van der Waals surface area (Å²) in [5.74, 6) is -1.45. The molecule has 0 saturated carbocycles. The average molecular weight is 616 g/mol. The van der Waals surface area contributed by atoms with Gasteiger partial charge in [-0.2, -0.15) is 5.10 Å². The minimum atomic E-state index is -1.05. The van der Waals surface area contributed by atoms with Gasteiger partial charge in [-0.3, -0.25) is 14.4 Å². The van der Waals surface area contributed by atoms with Crippen LogP contribution in [0.5, 0.6) is 0 Å². The van der Waals surface area contributed by atoms with Crippen LogP contribution in [0, 0.1) is 0 Å². The predicted molar refractivity (Wildman–Crippen MR) is 165 cm³/mol. The number of carbonyl (C=O) groups excluding carboxylic acids is 1. The third-order valence-electron chi connectivity index (χ3n) is 7.45. The number of halogens is 1. The molecular formula is C32H31BrN4O4. The molecule has 0 bridgehead atoms. The highest BCUT2D eigenvalue weighted by Crippen LogP contribution is 2.38. The maximum atomic E-state index is 13.7. The highest BCUT2D eigenvalue weighted by atomic mass is 79.9. The molecule has 210 valence electrons. The Kier molecular flexibility index (Phi) is 8.35. The number of fused-ring (bicyclic) bond motifs is 1. The molecule has 5 rings (SSSR count). The van der Waals surface area contributed by atoms with Crippen molar-refractivity contribution in [1.82, 2.24) is 9.99 Å². The largest absolute Gasteiger partial charge is 0.481 e. The molecule has 0 spiro atoms. The average Bonchev–Trinajstić information content (AvgIpc) is 3.42. The molecule has 1 aliphatic heterocycles. The number of anilines is 1. The van der Waals surface area contributed by atoms with Crippen LogP contribution in [-0.4, -0.2) is 45.8 Å². The maximum Gasteiger partial charge on any atom is 0.303 e. The van der Waals surface area contributed by atoms with E-state index in [2.05, 4.69) is 39.7 Å². The molecule has 4 aromatic rings. The molecule has 2 heterocycles. The summed E-state index contributed by atoms with van der Waals surface area (Å²) < 4.78 is 0.866. The molecule has 0 unspecified atom stereocenters. The van der Waals surface area contributed by atoms with Gasteiger partial charge in [0.05, 0.1) is 23.7 Å². The number of nitrogens with one attached hydrogen (secondary N) is 1. The van der Waals surface area contributed by atoms with Crippen molar-refractivity contribution in [2.24, 2.45) is 5.10 Å². The molecule has 0 radical (unpaired) electrons. The van der Waals surface area contributed by atoms with E-state index in [1.165, 1.54) is 5.01 Å². The SMILES string of the molecule is CCN(CC)c1ccc([C@@H]2CC(c3c(-c4ccccc4)c4cc(Br)ccc4[nH]c3=O)=NN2C(=O)CCC(=O)O)cc1. The Morgan fingerprint density at radius 3 is 2.37 bits per heavy atom. The summed E-state index contributed by atoms with van der Waals surface area (Å²) in [5, 5.41) is 16.1. The molecule has 1 amide bonds. The van der Waals surface area contributed by atoms with Crippen molar-refractivity contribution in [1.29, 1.82) is 0 Å². The third-order valence-corrected chi connectivity index (χ3v) is 7.95. The van der Waals surface area contributed by atoms with E-state index in [0.29, 0.717) is 23.2 Å². The topological polar surface area (TPSA) is 106 Å². The van der Waals surface area contributed by atoms with Crippen LogP contribution in [-0.2, 0) is 9.59 Å². The number of amides is 1. The lowest BCUT2D eigenvalue weighted by molar-refractivity contribution is -0.141. The van der Waals surface area contributed by atoms with Gasteiger partial charge in [0.2, 0.25) is 5.91 Å². The number of aromatic nitrogens is 1. The molecular weight excluding hydrogens is 584 g/mol. The van der Waals surface area contributed by atoms with Crippen LogP contribution >= 0.6 is 15.9 Å². The van der Waals surface area contributed by atoms with E-state index in [0.717, 1.165) is 45.3 Å². The first-order valence-corrected chi connectivity index (χ1v) is 14.5. The number of aromatic amines is 1. The van der Waals surface area contributed by atoms with Crippen LogP contribution in [0.25, 0.3) is 22.0 Å². The minimum Gasteiger partial charge on any atom is -0.481 e. The minimum absolute atomic E-state index is 0.188. The molecule has 0 fully saturated rings. The van der Waals surface area contributed by atoms with Gasteiger partial charge in [-0.05, 0) is 55.3 Å². The number of H-pyrrole nitrogens is 1. The highest BCUT2D eigenvalue weighted by molar-refractivity contribution is 9.10. The lowest BCUT2D eigenvalue weighted by Crippen LogP contribution is -2.27. The van der Waals surface area contributed by atoms with Gasteiger partial charge in [0.25, 0.3) is 5.56 Å². The molecule has 1 aromatic heterocycles. The van der Waals surface area contributed by atoms with Crippen molar-refractivity contribution in [3.63, 3.8) is 0 Å². The predicted octanol–water partition coefficient (Wildman–Crippen LogP) is 6.35. The number of carboxylic acids is 1. The number of carboxylic acid groups (broad SMARTS) is 1. The molecule has 8 nitrogen and oxygen atoms in total. The second-order valence-electron chi connectivity index (χ2n) is 9.92. The van der Waals surface area contributed by atoms with Gasteiger partial charge in [0.1, 0.15) is 0 Å². The van der Waals surface area contributed by atoms with Gasteiger partial charge >= 0.3 is 5.97 Å². The Bertz CT molecular complexity index is 1680. The first kappa shape index (κ1) is 28.3. The van der Waals surface area contributed by atoms with Gasteiger partial charge < -0.3 is 15.0 Å². The summed E-state index contributed by atoms with van der Waals surface area (Å²) in [7, 11) is 0. The number of aliphatic carboxylic acids is 1. The monoisotopic (exact) mass is 614 g/mol. The van der Waals surface area contributed by atoms with Crippen molar-refractivity contribution in [3.05, 3.63) is 98.7 Å². The van der Waals surface area contributed by atoms with Gasteiger partial charge in [0.15, 0.2) is 0 Å². The van der Waals surface area contributed by atoms with Gasteiger partial charge in [0, 0.05) is 52.6 Å². The Hall–Kier alpha value is -4.24. The fourth-order valence-electron chi connectivity index (χ4n) is 5.42. The van der Waals surface area contributed by atoms with E-state index in [-0.39, 0.29) is 18.4 Å². The fourth-order valence-corrected chi connectivity index (χ4v) is 5.78. The van der Waals surface area contributed by atoms with Crippen LogP contribution in [0.2, 0.25) is 0 Å². The number of hydrogen-bond acceptors (Lipinski definition) is 5. The summed E-state index contributed by atoms with van der Waals surface area (Å²) >= 11 is 3.56. The molecule has 9 heteroatoms. The lowest BCUT2D eigenvalue weighted by atomic mass is 9.91. The molecule has 0 aliphatic carbocycles. The molecule has 1 aliphatic rings. The van der Waals surface area contributed by atoms with E-state index in [9.17, 15) is 19.5 Å². The summed E-state index contributed by atoms with van der Waals surface area (Å²) in [5.41, 5.74) is 4.81. The van der Waals surface area contributed by atoms with Crippen LogP contribution in [0.15, 0.2) is 87.2 Å². The Morgan fingerprint density at radius 1 is 1.00 bits per heavy atom.